The maximum atomic E-state index is 14.7. The Balaban J connectivity index is 1.78. The van der Waals surface area contributed by atoms with Crippen molar-refractivity contribution in [3.05, 3.63) is 33.1 Å². The highest BCUT2D eigenvalue weighted by Gasteiger charge is 2.48. The molecule has 0 bridgehead atoms. The SMILES string of the molecule is O=c1ccn(C2OC(CO)C(OC3CCCCO3)C2F)c(=O)[nH]1. The summed E-state index contributed by atoms with van der Waals surface area (Å²) < 4.78 is 32.1. The van der Waals surface area contributed by atoms with E-state index in [0.29, 0.717) is 13.0 Å². The predicted molar refractivity (Wildman–Crippen MR) is 75.7 cm³/mol. The van der Waals surface area contributed by atoms with Gasteiger partial charge in [-0.2, -0.15) is 0 Å². The molecule has 0 amide bonds. The van der Waals surface area contributed by atoms with Crippen LogP contribution >= 0.6 is 0 Å². The fourth-order valence-electron chi connectivity index (χ4n) is 2.85. The third kappa shape index (κ3) is 3.37. The summed E-state index contributed by atoms with van der Waals surface area (Å²) in [4.78, 5) is 24.9. The summed E-state index contributed by atoms with van der Waals surface area (Å²) in [5, 5.41) is 9.40. The van der Waals surface area contributed by atoms with Crippen molar-refractivity contribution < 1.29 is 23.7 Å². The van der Waals surface area contributed by atoms with Crippen molar-refractivity contribution in [3.8, 4) is 0 Å². The first kappa shape index (κ1) is 16.3. The van der Waals surface area contributed by atoms with E-state index in [1.807, 2.05) is 4.98 Å². The fourth-order valence-corrected chi connectivity index (χ4v) is 2.85. The zero-order valence-electron chi connectivity index (χ0n) is 12.4. The van der Waals surface area contributed by atoms with Gasteiger partial charge in [-0.05, 0) is 19.3 Å². The lowest BCUT2D eigenvalue weighted by Crippen LogP contribution is -2.40. The van der Waals surface area contributed by atoms with Gasteiger partial charge in [0.1, 0.15) is 12.2 Å². The Morgan fingerprint density at radius 2 is 2.26 bits per heavy atom. The number of aliphatic hydroxyl groups is 1. The number of halogens is 1. The zero-order valence-corrected chi connectivity index (χ0v) is 12.4. The van der Waals surface area contributed by atoms with E-state index < -0.39 is 48.8 Å². The molecule has 2 fully saturated rings. The highest BCUT2D eigenvalue weighted by Crippen LogP contribution is 2.34. The summed E-state index contributed by atoms with van der Waals surface area (Å²) in [6.07, 6.45) is -1.81. The average Bonchev–Trinajstić information content (AvgIpc) is 2.85. The maximum Gasteiger partial charge on any atom is 0.330 e. The van der Waals surface area contributed by atoms with E-state index in [0.717, 1.165) is 29.7 Å². The van der Waals surface area contributed by atoms with Crippen LogP contribution in [0.5, 0.6) is 0 Å². The Morgan fingerprint density at radius 3 is 2.91 bits per heavy atom. The molecule has 8 nitrogen and oxygen atoms in total. The zero-order chi connectivity index (χ0) is 16.4. The number of H-pyrrole nitrogens is 1. The van der Waals surface area contributed by atoms with Crippen LogP contribution in [0.25, 0.3) is 0 Å². The molecule has 0 radical (unpaired) electrons. The summed E-state index contributed by atoms with van der Waals surface area (Å²) in [6.45, 7) is 0.0915. The molecule has 2 aliphatic heterocycles. The van der Waals surface area contributed by atoms with E-state index in [1.165, 1.54) is 0 Å². The van der Waals surface area contributed by atoms with Gasteiger partial charge in [0.15, 0.2) is 18.7 Å². The smallest absolute Gasteiger partial charge is 0.330 e. The number of ether oxygens (including phenoxy) is 3. The number of hydrogen-bond donors (Lipinski definition) is 2. The van der Waals surface area contributed by atoms with E-state index in [1.54, 1.807) is 0 Å². The number of hydrogen-bond acceptors (Lipinski definition) is 6. The van der Waals surface area contributed by atoms with Gasteiger partial charge in [0.05, 0.1) is 6.61 Å². The average molecular weight is 330 g/mol. The molecule has 1 aromatic heterocycles. The van der Waals surface area contributed by atoms with Crippen LogP contribution in [0.15, 0.2) is 21.9 Å². The van der Waals surface area contributed by atoms with Crippen molar-refractivity contribution in [2.45, 2.75) is 50.2 Å². The van der Waals surface area contributed by atoms with Crippen molar-refractivity contribution in [1.29, 1.82) is 0 Å². The van der Waals surface area contributed by atoms with Crippen LogP contribution in [0.4, 0.5) is 4.39 Å². The van der Waals surface area contributed by atoms with Gasteiger partial charge < -0.3 is 19.3 Å². The Labute approximate surface area is 130 Å². The number of nitrogens with one attached hydrogen (secondary N) is 1. The molecular formula is C14H19FN2O6. The van der Waals surface area contributed by atoms with Crippen molar-refractivity contribution in [2.24, 2.45) is 0 Å². The first-order chi connectivity index (χ1) is 11.1. The minimum Gasteiger partial charge on any atom is -0.394 e. The van der Waals surface area contributed by atoms with Gasteiger partial charge in [0, 0.05) is 18.9 Å². The lowest BCUT2D eigenvalue weighted by atomic mass is 10.1. The van der Waals surface area contributed by atoms with Crippen LogP contribution in [0, 0.1) is 0 Å². The van der Waals surface area contributed by atoms with Crippen molar-refractivity contribution >= 4 is 0 Å². The minimum atomic E-state index is -1.68. The van der Waals surface area contributed by atoms with E-state index in [2.05, 4.69) is 0 Å². The second-order valence-electron chi connectivity index (χ2n) is 5.61. The lowest BCUT2D eigenvalue weighted by molar-refractivity contribution is -0.205. The Kier molecular flexibility index (Phi) is 4.90. The molecule has 5 unspecified atom stereocenters. The summed E-state index contributed by atoms with van der Waals surface area (Å²) in [5.41, 5.74) is -1.36. The highest BCUT2D eigenvalue weighted by molar-refractivity contribution is 4.94. The van der Waals surface area contributed by atoms with Gasteiger partial charge in [-0.25, -0.2) is 9.18 Å². The number of alkyl halides is 1. The van der Waals surface area contributed by atoms with Crippen LogP contribution < -0.4 is 11.2 Å². The molecule has 23 heavy (non-hydrogen) atoms. The van der Waals surface area contributed by atoms with Crippen LogP contribution in [0.3, 0.4) is 0 Å². The first-order valence-corrected chi connectivity index (χ1v) is 7.59. The normalized spacial score (nSPS) is 34.6. The Bertz CT molecular complexity index is 641. The highest BCUT2D eigenvalue weighted by atomic mass is 19.1. The molecule has 0 aliphatic carbocycles. The number of aromatic amines is 1. The Hall–Kier alpha value is -1.55. The second-order valence-corrected chi connectivity index (χ2v) is 5.61. The molecule has 0 aromatic carbocycles. The van der Waals surface area contributed by atoms with Crippen LogP contribution in [0.2, 0.25) is 0 Å². The van der Waals surface area contributed by atoms with Crippen LogP contribution in [0.1, 0.15) is 25.5 Å². The van der Waals surface area contributed by atoms with E-state index in [4.69, 9.17) is 14.2 Å². The molecule has 3 heterocycles. The monoisotopic (exact) mass is 330 g/mol. The van der Waals surface area contributed by atoms with Gasteiger partial charge in [-0.3, -0.25) is 14.3 Å². The third-order valence-electron chi connectivity index (χ3n) is 4.02. The van der Waals surface area contributed by atoms with Gasteiger partial charge in [0.2, 0.25) is 0 Å². The van der Waals surface area contributed by atoms with Crippen molar-refractivity contribution in [1.82, 2.24) is 9.55 Å². The maximum absolute atomic E-state index is 14.7. The molecule has 9 heteroatoms. The number of aliphatic hydroxyl groups excluding tert-OH is 1. The fraction of sp³-hybridized carbons (Fsp3) is 0.714. The lowest BCUT2D eigenvalue weighted by Gasteiger charge is -2.28. The quantitative estimate of drug-likeness (QED) is 0.784. The van der Waals surface area contributed by atoms with Crippen LogP contribution in [-0.2, 0) is 14.2 Å². The molecular weight excluding hydrogens is 311 g/mol. The van der Waals surface area contributed by atoms with E-state index in [9.17, 15) is 19.1 Å². The van der Waals surface area contributed by atoms with Gasteiger partial charge in [-0.15, -0.1) is 0 Å². The molecule has 2 N–H and O–H groups in total. The molecule has 2 aliphatic rings. The molecule has 128 valence electrons. The number of aromatic nitrogens is 2. The summed E-state index contributed by atoms with van der Waals surface area (Å²) in [5.74, 6) is 0. The van der Waals surface area contributed by atoms with Crippen molar-refractivity contribution in [2.75, 3.05) is 13.2 Å². The predicted octanol–water partition coefficient (Wildman–Crippen LogP) is -0.324. The second kappa shape index (κ2) is 6.91. The van der Waals surface area contributed by atoms with Gasteiger partial charge in [-0.1, -0.05) is 0 Å². The third-order valence-corrected chi connectivity index (χ3v) is 4.02. The number of rotatable bonds is 4. The molecule has 0 saturated carbocycles. The molecule has 2 saturated heterocycles. The first-order valence-electron chi connectivity index (χ1n) is 7.59. The molecule has 1 aromatic rings. The van der Waals surface area contributed by atoms with Gasteiger partial charge >= 0.3 is 5.69 Å². The largest absolute Gasteiger partial charge is 0.394 e. The molecule has 5 atom stereocenters. The summed E-state index contributed by atoms with van der Waals surface area (Å²) in [6, 6.07) is 1.10. The summed E-state index contributed by atoms with van der Waals surface area (Å²) >= 11 is 0. The topological polar surface area (TPSA) is 103 Å². The number of nitrogens with zero attached hydrogens (tertiary/aromatic N) is 1. The van der Waals surface area contributed by atoms with Gasteiger partial charge in [0.25, 0.3) is 5.56 Å². The van der Waals surface area contributed by atoms with E-state index in [-0.39, 0.29) is 0 Å². The molecule has 3 rings (SSSR count). The standard InChI is InChI=1S/C14H19FN2O6/c15-11-12(23-10-3-1-2-6-21-10)8(7-18)22-13(11)17-5-4-9(19)16-14(17)20/h4-5,8,10-13,18H,1-3,6-7H2,(H,16,19,20). The minimum absolute atomic E-state index is 0.452. The summed E-state index contributed by atoms with van der Waals surface area (Å²) in [7, 11) is 0. The molecule has 0 spiro atoms. The Morgan fingerprint density at radius 1 is 1.43 bits per heavy atom. The van der Waals surface area contributed by atoms with E-state index >= 15 is 0 Å². The van der Waals surface area contributed by atoms with Crippen molar-refractivity contribution in [3.63, 3.8) is 0 Å². The van der Waals surface area contributed by atoms with Crippen LogP contribution in [-0.4, -0.2) is 52.5 Å².